The number of hydrogen-bond acceptors (Lipinski definition) is 4. The van der Waals surface area contributed by atoms with E-state index in [0.29, 0.717) is 17.2 Å². The zero-order valence-electron chi connectivity index (χ0n) is 14.1. The van der Waals surface area contributed by atoms with E-state index in [2.05, 4.69) is 5.32 Å². The predicted octanol–water partition coefficient (Wildman–Crippen LogP) is 4.41. The van der Waals surface area contributed by atoms with Gasteiger partial charge < -0.3 is 14.8 Å². The maximum absolute atomic E-state index is 13.8. The molecular formula is C18H19F2NO3S. The number of carbonyl (C=O) groups is 1. The minimum atomic E-state index is -0.613. The van der Waals surface area contributed by atoms with E-state index in [9.17, 15) is 13.6 Å². The number of benzene rings is 2. The fourth-order valence-corrected chi connectivity index (χ4v) is 3.13. The van der Waals surface area contributed by atoms with Gasteiger partial charge in [0.2, 0.25) is 5.91 Å². The average Bonchev–Trinajstić information content (AvgIpc) is 2.59. The van der Waals surface area contributed by atoms with Crippen molar-refractivity contribution in [2.45, 2.75) is 12.2 Å². The molecule has 0 heterocycles. The van der Waals surface area contributed by atoms with Gasteiger partial charge in [-0.25, -0.2) is 8.78 Å². The first-order valence-corrected chi connectivity index (χ1v) is 8.58. The highest BCUT2D eigenvalue weighted by molar-refractivity contribution is 8.00. The Bertz CT molecular complexity index is 713. The van der Waals surface area contributed by atoms with E-state index in [0.717, 1.165) is 11.8 Å². The Morgan fingerprint density at radius 3 is 2.20 bits per heavy atom. The molecule has 0 aliphatic carbocycles. The van der Waals surface area contributed by atoms with Gasteiger partial charge in [-0.1, -0.05) is 6.07 Å². The quantitative estimate of drug-likeness (QED) is 0.787. The maximum atomic E-state index is 13.8. The lowest BCUT2D eigenvalue weighted by Gasteiger charge is -2.14. The Balaban J connectivity index is 1.99. The van der Waals surface area contributed by atoms with Crippen LogP contribution in [0.3, 0.4) is 0 Å². The van der Waals surface area contributed by atoms with Crippen molar-refractivity contribution in [1.82, 2.24) is 0 Å². The van der Waals surface area contributed by atoms with Gasteiger partial charge in [-0.2, -0.15) is 0 Å². The Labute approximate surface area is 149 Å². The van der Waals surface area contributed by atoms with Crippen LogP contribution >= 0.6 is 11.8 Å². The number of anilines is 1. The van der Waals surface area contributed by atoms with Gasteiger partial charge in [0.25, 0.3) is 0 Å². The molecule has 25 heavy (non-hydrogen) atoms. The molecule has 2 aromatic rings. The smallest absolute Gasteiger partial charge is 0.234 e. The fourth-order valence-electron chi connectivity index (χ4n) is 2.26. The molecule has 0 aromatic heterocycles. The van der Waals surface area contributed by atoms with Crippen molar-refractivity contribution in [2.24, 2.45) is 0 Å². The van der Waals surface area contributed by atoms with Crippen LogP contribution in [0.2, 0.25) is 0 Å². The number of halogens is 2. The third kappa shape index (κ3) is 5.09. The van der Waals surface area contributed by atoms with Gasteiger partial charge >= 0.3 is 0 Å². The van der Waals surface area contributed by atoms with Crippen LogP contribution in [-0.4, -0.2) is 25.9 Å². The maximum Gasteiger partial charge on any atom is 0.234 e. The first-order valence-electron chi connectivity index (χ1n) is 7.53. The predicted molar refractivity (Wildman–Crippen MR) is 95.4 cm³/mol. The summed E-state index contributed by atoms with van der Waals surface area (Å²) in [5.74, 6) is -0.373. The first-order chi connectivity index (χ1) is 11.9. The second-order valence-electron chi connectivity index (χ2n) is 5.24. The fraction of sp³-hybridized carbons (Fsp3) is 0.278. The summed E-state index contributed by atoms with van der Waals surface area (Å²) >= 11 is 1.15. The van der Waals surface area contributed by atoms with Gasteiger partial charge in [0.1, 0.15) is 23.1 Å². The lowest BCUT2D eigenvalue weighted by Crippen LogP contribution is -2.15. The van der Waals surface area contributed by atoms with Gasteiger partial charge in [0, 0.05) is 34.7 Å². The van der Waals surface area contributed by atoms with Crippen molar-refractivity contribution >= 4 is 23.4 Å². The molecular weight excluding hydrogens is 348 g/mol. The van der Waals surface area contributed by atoms with Gasteiger partial charge in [0.05, 0.1) is 20.0 Å². The molecule has 0 fully saturated rings. The van der Waals surface area contributed by atoms with Gasteiger partial charge in [-0.05, 0) is 19.1 Å². The topological polar surface area (TPSA) is 47.6 Å². The normalized spacial score (nSPS) is 11.7. The molecule has 0 aliphatic heterocycles. The molecule has 1 amide bonds. The molecule has 0 radical (unpaired) electrons. The highest BCUT2D eigenvalue weighted by Gasteiger charge is 2.17. The van der Waals surface area contributed by atoms with Crippen molar-refractivity contribution in [3.05, 3.63) is 53.6 Å². The van der Waals surface area contributed by atoms with Crippen LogP contribution in [0, 0.1) is 11.6 Å². The number of hydrogen-bond donors (Lipinski definition) is 1. The Hall–Kier alpha value is -2.28. The van der Waals surface area contributed by atoms with Crippen molar-refractivity contribution in [3.8, 4) is 11.5 Å². The lowest BCUT2D eigenvalue weighted by molar-refractivity contribution is -0.113. The third-order valence-corrected chi connectivity index (χ3v) is 4.67. The molecule has 2 aromatic carbocycles. The van der Waals surface area contributed by atoms with E-state index >= 15 is 0 Å². The Morgan fingerprint density at radius 2 is 1.68 bits per heavy atom. The number of rotatable bonds is 7. The van der Waals surface area contributed by atoms with Crippen molar-refractivity contribution in [3.63, 3.8) is 0 Å². The molecule has 0 aliphatic rings. The standard InChI is InChI=1S/C18H19F2NO3S/c1-11(18-15(19)5-4-6-16(18)20)25-10-17(22)21-12-7-13(23-2)9-14(8-12)24-3/h4-9,11H,10H2,1-3H3,(H,21,22). The number of ether oxygens (including phenoxy) is 2. The molecule has 2 rings (SSSR count). The highest BCUT2D eigenvalue weighted by atomic mass is 32.2. The van der Waals surface area contributed by atoms with Crippen molar-refractivity contribution < 1.29 is 23.0 Å². The van der Waals surface area contributed by atoms with Gasteiger partial charge in [-0.3, -0.25) is 4.79 Å². The number of amides is 1. The molecule has 1 unspecified atom stereocenters. The molecule has 0 spiro atoms. The number of carbonyl (C=O) groups excluding carboxylic acids is 1. The van der Waals surface area contributed by atoms with Crippen molar-refractivity contribution in [2.75, 3.05) is 25.3 Å². The van der Waals surface area contributed by atoms with E-state index in [1.54, 1.807) is 25.1 Å². The van der Waals surface area contributed by atoms with Gasteiger partial charge in [-0.15, -0.1) is 11.8 Å². The second-order valence-corrected chi connectivity index (χ2v) is 6.57. The molecule has 0 bridgehead atoms. The van der Waals surface area contributed by atoms with Crippen LogP contribution in [0.1, 0.15) is 17.7 Å². The Morgan fingerprint density at radius 1 is 1.12 bits per heavy atom. The third-order valence-electron chi connectivity index (χ3n) is 3.51. The molecule has 0 saturated heterocycles. The van der Waals surface area contributed by atoms with Gasteiger partial charge in [0.15, 0.2) is 0 Å². The van der Waals surface area contributed by atoms with E-state index in [4.69, 9.17) is 9.47 Å². The zero-order chi connectivity index (χ0) is 18.4. The summed E-state index contributed by atoms with van der Waals surface area (Å²) in [6, 6.07) is 8.73. The molecule has 0 saturated carbocycles. The average molecular weight is 367 g/mol. The summed E-state index contributed by atoms with van der Waals surface area (Å²) in [4.78, 5) is 12.1. The SMILES string of the molecule is COc1cc(NC(=O)CSC(C)c2c(F)cccc2F)cc(OC)c1. The van der Waals surface area contributed by atoms with Crippen LogP contribution in [0.5, 0.6) is 11.5 Å². The second kappa shape index (κ2) is 8.71. The zero-order valence-corrected chi connectivity index (χ0v) is 15.0. The molecule has 7 heteroatoms. The molecule has 1 atom stereocenters. The van der Waals surface area contributed by atoms with Crippen LogP contribution < -0.4 is 14.8 Å². The number of nitrogens with one attached hydrogen (secondary N) is 1. The van der Waals surface area contributed by atoms with Crippen LogP contribution in [0.4, 0.5) is 14.5 Å². The summed E-state index contributed by atoms with van der Waals surface area (Å²) < 4.78 is 37.8. The minimum absolute atomic E-state index is 0.0247. The number of thioether (sulfide) groups is 1. The van der Waals surface area contributed by atoms with Crippen LogP contribution in [0.15, 0.2) is 36.4 Å². The molecule has 134 valence electrons. The first kappa shape index (κ1) is 19.1. The summed E-state index contributed by atoms with van der Waals surface area (Å²) in [5.41, 5.74) is 0.495. The summed E-state index contributed by atoms with van der Waals surface area (Å²) in [5, 5.41) is 2.23. The van der Waals surface area contributed by atoms with Crippen LogP contribution in [-0.2, 0) is 4.79 Å². The molecule has 1 N–H and O–H groups in total. The lowest BCUT2D eigenvalue weighted by atomic mass is 10.1. The molecule has 4 nitrogen and oxygen atoms in total. The van der Waals surface area contributed by atoms with E-state index < -0.39 is 16.9 Å². The minimum Gasteiger partial charge on any atom is -0.497 e. The summed E-state index contributed by atoms with van der Waals surface area (Å²) in [7, 11) is 3.03. The number of methoxy groups -OCH3 is 2. The monoisotopic (exact) mass is 367 g/mol. The largest absolute Gasteiger partial charge is 0.497 e. The highest BCUT2D eigenvalue weighted by Crippen LogP contribution is 2.32. The van der Waals surface area contributed by atoms with Crippen molar-refractivity contribution in [1.29, 1.82) is 0 Å². The Kier molecular flexibility index (Phi) is 6.64. The van der Waals surface area contributed by atoms with E-state index in [-0.39, 0.29) is 17.2 Å². The van der Waals surface area contributed by atoms with E-state index in [1.165, 1.54) is 32.4 Å². The van der Waals surface area contributed by atoms with Crippen LogP contribution in [0.25, 0.3) is 0 Å². The summed E-state index contributed by atoms with van der Waals surface area (Å²) in [6.07, 6.45) is 0. The summed E-state index contributed by atoms with van der Waals surface area (Å²) in [6.45, 7) is 1.66. The van der Waals surface area contributed by atoms with E-state index in [1.807, 2.05) is 0 Å².